The first-order chi connectivity index (χ1) is 14.4. The Balaban J connectivity index is 1.39. The highest BCUT2D eigenvalue weighted by molar-refractivity contribution is 7.89. The summed E-state index contributed by atoms with van der Waals surface area (Å²) in [5, 5.41) is 4.12. The molecule has 9 heteroatoms. The fraction of sp³-hybridized carbons (Fsp3) is 0.333. The van der Waals surface area contributed by atoms with Crippen LogP contribution in [-0.4, -0.2) is 50.1 Å². The summed E-state index contributed by atoms with van der Waals surface area (Å²) in [5.74, 6) is 0.696. The van der Waals surface area contributed by atoms with Gasteiger partial charge in [-0.25, -0.2) is 13.8 Å². The van der Waals surface area contributed by atoms with Gasteiger partial charge in [0.05, 0.1) is 10.6 Å². The Kier molecular flexibility index (Phi) is 5.74. The summed E-state index contributed by atoms with van der Waals surface area (Å²) in [7, 11) is -3.45. The summed E-state index contributed by atoms with van der Waals surface area (Å²) in [6, 6.07) is 13.7. The second-order valence-corrected chi connectivity index (χ2v) is 9.11. The zero-order valence-electron chi connectivity index (χ0n) is 16.6. The van der Waals surface area contributed by atoms with Gasteiger partial charge in [-0.2, -0.15) is 9.41 Å². The first kappa shape index (κ1) is 20.4. The van der Waals surface area contributed by atoms with Crippen LogP contribution >= 0.6 is 0 Å². The number of carbonyl (C=O) groups excluding carboxylic acids is 1. The SMILES string of the molecule is CC(=NNC(=O)C1COc2ccccc2O1)c1ccc(S(=O)(=O)N2CCCC2)cc1. The van der Waals surface area contributed by atoms with Gasteiger partial charge in [0.2, 0.25) is 16.1 Å². The van der Waals surface area contributed by atoms with Crippen LogP contribution in [0.1, 0.15) is 25.3 Å². The highest BCUT2D eigenvalue weighted by atomic mass is 32.2. The van der Waals surface area contributed by atoms with Crippen molar-refractivity contribution in [2.45, 2.75) is 30.8 Å². The minimum Gasteiger partial charge on any atom is -0.485 e. The first-order valence-electron chi connectivity index (χ1n) is 9.78. The van der Waals surface area contributed by atoms with E-state index in [9.17, 15) is 13.2 Å². The molecule has 1 saturated heterocycles. The molecule has 1 fully saturated rings. The number of nitrogens with zero attached hydrogens (tertiary/aromatic N) is 2. The molecule has 1 unspecified atom stereocenters. The highest BCUT2D eigenvalue weighted by Crippen LogP contribution is 2.30. The quantitative estimate of drug-likeness (QED) is 0.580. The monoisotopic (exact) mass is 429 g/mol. The third-order valence-corrected chi connectivity index (χ3v) is 7.02. The molecule has 2 heterocycles. The summed E-state index contributed by atoms with van der Waals surface area (Å²) >= 11 is 0. The van der Waals surface area contributed by atoms with Crippen molar-refractivity contribution in [2.75, 3.05) is 19.7 Å². The van der Waals surface area contributed by atoms with Crippen molar-refractivity contribution in [3.63, 3.8) is 0 Å². The van der Waals surface area contributed by atoms with E-state index in [1.54, 1.807) is 49.4 Å². The fourth-order valence-corrected chi connectivity index (χ4v) is 4.89. The summed E-state index contributed by atoms with van der Waals surface area (Å²) < 4.78 is 37.9. The summed E-state index contributed by atoms with van der Waals surface area (Å²) in [4.78, 5) is 12.6. The molecule has 0 spiro atoms. The number of nitrogens with one attached hydrogen (secondary N) is 1. The molecule has 4 rings (SSSR count). The number of sulfonamides is 1. The summed E-state index contributed by atoms with van der Waals surface area (Å²) in [6.07, 6.45) is 0.984. The molecule has 0 aromatic heterocycles. The average Bonchev–Trinajstić information content (AvgIpc) is 3.33. The Morgan fingerprint density at radius 1 is 1.07 bits per heavy atom. The van der Waals surface area contributed by atoms with Gasteiger partial charge in [0.1, 0.15) is 6.61 Å². The molecule has 2 aromatic rings. The molecule has 2 aliphatic rings. The van der Waals surface area contributed by atoms with Gasteiger partial charge in [0.15, 0.2) is 11.5 Å². The van der Waals surface area contributed by atoms with Crippen LogP contribution in [-0.2, 0) is 14.8 Å². The van der Waals surface area contributed by atoms with E-state index in [-0.39, 0.29) is 11.5 Å². The van der Waals surface area contributed by atoms with Gasteiger partial charge >= 0.3 is 0 Å². The Morgan fingerprint density at radius 2 is 1.73 bits per heavy atom. The van der Waals surface area contributed by atoms with E-state index in [2.05, 4.69) is 10.5 Å². The minimum absolute atomic E-state index is 0.0977. The molecule has 0 saturated carbocycles. The lowest BCUT2D eigenvalue weighted by Gasteiger charge is -2.24. The number of ether oxygens (including phenoxy) is 2. The highest BCUT2D eigenvalue weighted by Gasteiger charge is 2.28. The number of fused-ring (bicyclic) bond motifs is 1. The molecule has 158 valence electrons. The van der Waals surface area contributed by atoms with Crippen LogP contribution in [0.4, 0.5) is 0 Å². The second kappa shape index (κ2) is 8.45. The van der Waals surface area contributed by atoms with Crippen LogP contribution in [0, 0.1) is 0 Å². The molecule has 2 aliphatic heterocycles. The number of para-hydroxylation sites is 2. The van der Waals surface area contributed by atoms with Gasteiger partial charge in [-0.1, -0.05) is 24.3 Å². The van der Waals surface area contributed by atoms with E-state index in [0.717, 1.165) is 12.8 Å². The molecule has 1 N–H and O–H groups in total. The Hall–Kier alpha value is -2.91. The Labute approximate surface area is 175 Å². The maximum absolute atomic E-state index is 12.6. The van der Waals surface area contributed by atoms with E-state index in [0.29, 0.717) is 35.9 Å². The van der Waals surface area contributed by atoms with E-state index in [4.69, 9.17) is 9.47 Å². The van der Waals surface area contributed by atoms with Crippen LogP contribution in [0.15, 0.2) is 58.5 Å². The normalized spacial score (nSPS) is 19.5. The molecule has 2 aromatic carbocycles. The van der Waals surface area contributed by atoms with Crippen LogP contribution in [0.25, 0.3) is 0 Å². The van der Waals surface area contributed by atoms with Crippen LogP contribution in [0.3, 0.4) is 0 Å². The number of hydrogen-bond donors (Lipinski definition) is 1. The molecular weight excluding hydrogens is 406 g/mol. The van der Waals surface area contributed by atoms with Crippen LogP contribution in [0.2, 0.25) is 0 Å². The molecule has 30 heavy (non-hydrogen) atoms. The zero-order chi connectivity index (χ0) is 21.1. The summed E-state index contributed by atoms with van der Waals surface area (Å²) in [5.41, 5.74) is 3.75. The number of hydrogen-bond acceptors (Lipinski definition) is 6. The van der Waals surface area contributed by atoms with E-state index in [1.807, 2.05) is 6.07 Å². The van der Waals surface area contributed by atoms with Crippen molar-refractivity contribution < 1.29 is 22.7 Å². The lowest BCUT2D eigenvalue weighted by atomic mass is 10.1. The predicted molar refractivity (Wildman–Crippen MR) is 111 cm³/mol. The standard InChI is InChI=1S/C21H23N3O5S/c1-15(16-8-10-17(11-9-16)30(26,27)24-12-4-5-13-24)22-23-21(25)20-14-28-18-6-2-3-7-19(18)29-20/h2-3,6-11,20H,4-5,12-14H2,1H3,(H,23,25). The molecule has 0 radical (unpaired) electrons. The predicted octanol–water partition coefficient (Wildman–Crippen LogP) is 2.15. The van der Waals surface area contributed by atoms with E-state index in [1.165, 1.54) is 4.31 Å². The third kappa shape index (κ3) is 4.17. The Morgan fingerprint density at radius 3 is 2.43 bits per heavy atom. The lowest BCUT2D eigenvalue weighted by molar-refractivity contribution is -0.130. The van der Waals surface area contributed by atoms with Crippen LogP contribution in [0.5, 0.6) is 11.5 Å². The number of amides is 1. The van der Waals surface area contributed by atoms with E-state index >= 15 is 0 Å². The molecule has 1 amide bonds. The van der Waals surface area contributed by atoms with Gasteiger partial charge < -0.3 is 9.47 Å². The topological polar surface area (TPSA) is 97.3 Å². The van der Waals surface area contributed by atoms with E-state index < -0.39 is 22.0 Å². The number of carbonyl (C=O) groups is 1. The van der Waals surface area contributed by atoms with Gasteiger partial charge in [-0.3, -0.25) is 4.79 Å². The Bertz CT molecular complexity index is 1060. The minimum atomic E-state index is -3.45. The average molecular weight is 429 g/mol. The van der Waals surface area contributed by atoms with Crippen molar-refractivity contribution in [3.8, 4) is 11.5 Å². The number of hydrazone groups is 1. The maximum Gasteiger partial charge on any atom is 0.284 e. The molecule has 8 nitrogen and oxygen atoms in total. The molecule has 0 bridgehead atoms. The van der Waals surface area contributed by atoms with Gasteiger partial charge in [0, 0.05) is 13.1 Å². The summed E-state index contributed by atoms with van der Waals surface area (Å²) in [6.45, 7) is 2.96. The van der Waals surface area contributed by atoms with Crippen molar-refractivity contribution >= 4 is 21.6 Å². The van der Waals surface area contributed by atoms with Gasteiger partial charge in [-0.15, -0.1) is 0 Å². The maximum atomic E-state index is 12.6. The molecular formula is C21H23N3O5S. The first-order valence-corrected chi connectivity index (χ1v) is 11.2. The smallest absolute Gasteiger partial charge is 0.284 e. The zero-order valence-corrected chi connectivity index (χ0v) is 17.4. The molecule has 0 aliphatic carbocycles. The van der Waals surface area contributed by atoms with Crippen molar-refractivity contribution in [1.82, 2.24) is 9.73 Å². The largest absolute Gasteiger partial charge is 0.485 e. The van der Waals surface area contributed by atoms with Gasteiger partial charge in [-0.05, 0) is 49.6 Å². The van der Waals surface area contributed by atoms with Crippen LogP contribution < -0.4 is 14.9 Å². The second-order valence-electron chi connectivity index (χ2n) is 7.17. The fourth-order valence-electron chi connectivity index (χ4n) is 3.37. The van der Waals surface area contributed by atoms with Crippen molar-refractivity contribution in [1.29, 1.82) is 0 Å². The number of benzene rings is 2. The third-order valence-electron chi connectivity index (χ3n) is 5.11. The molecule has 1 atom stereocenters. The number of rotatable bonds is 5. The van der Waals surface area contributed by atoms with Crippen molar-refractivity contribution in [3.05, 3.63) is 54.1 Å². The lowest BCUT2D eigenvalue weighted by Crippen LogP contribution is -2.42. The van der Waals surface area contributed by atoms with Crippen molar-refractivity contribution in [2.24, 2.45) is 5.10 Å². The van der Waals surface area contributed by atoms with Gasteiger partial charge in [0.25, 0.3) is 5.91 Å².